The fraction of sp³-hybridized carbons (Fsp3) is 0.960. The zero-order valence-electron chi connectivity index (χ0n) is 19.3. The molecule has 2 heteroatoms. The molecule has 0 unspecified atom stereocenters. The van der Waals surface area contributed by atoms with Gasteiger partial charge in [0.25, 0.3) is 0 Å². The molecule has 1 aliphatic rings. The molecule has 160 valence electrons. The highest BCUT2D eigenvalue weighted by molar-refractivity contribution is 6.81. The van der Waals surface area contributed by atoms with Crippen molar-refractivity contribution in [3.05, 3.63) is 0 Å². The highest BCUT2D eigenvalue weighted by Gasteiger charge is 2.43. The van der Waals surface area contributed by atoms with E-state index in [0.717, 1.165) is 5.54 Å². The second-order valence-electron chi connectivity index (χ2n) is 9.61. The summed E-state index contributed by atoms with van der Waals surface area (Å²) < 4.78 is 0. The van der Waals surface area contributed by atoms with Crippen LogP contribution >= 0.6 is 0 Å². The third-order valence-corrected chi connectivity index (χ3v) is 13.8. The van der Waals surface area contributed by atoms with Crippen molar-refractivity contribution in [2.75, 3.05) is 0 Å². The van der Waals surface area contributed by atoms with Gasteiger partial charge in [-0.3, -0.25) is 4.79 Å². The molecule has 0 N–H and O–H groups in total. The van der Waals surface area contributed by atoms with Gasteiger partial charge in [0.2, 0.25) is 0 Å². The van der Waals surface area contributed by atoms with Gasteiger partial charge in [-0.25, -0.2) is 0 Å². The predicted molar refractivity (Wildman–Crippen MR) is 124 cm³/mol. The summed E-state index contributed by atoms with van der Waals surface area (Å²) >= 11 is 0. The first-order chi connectivity index (χ1) is 13.1. The molecule has 0 aromatic rings. The van der Waals surface area contributed by atoms with Crippen molar-refractivity contribution in [2.24, 2.45) is 5.92 Å². The van der Waals surface area contributed by atoms with E-state index in [4.69, 9.17) is 0 Å². The van der Waals surface area contributed by atoms with Crippen LogP contribution in [0.2, 0.25) is 23.7 Å². The summed E-state index contributed by atoms with van der Waals surface area (Å²) in [5.74, 6) is 0.882. The summed E-state index contributed by atoms with van der Waals surface area (Å²) in [4.78, 5) is 12.0. The number of Topliss-reactive ketones (excluding diaryl/α,β-unsaturated/α-hetero) is 1. The Morgan fingerprint density at radius 2 is 1.15 bits per heavy atom. The van der Waals surface area contributed by atoms with Crippen LogP contribution in [0.3, 0.4) is 0 Å². The summed E-state index contributed by atoms with van der Waals surface area (Å²) in [5, 5.41) is 0. The van der Waals surface area contributed by atoms with Gasteiger partial charge in [-0.05, 0) is 25.3 Å². The van der Waals surface area contributed by atoms with Gasteiger partial charge in [0.1, 0.15) is 5.78 Å². The van der Waals surface area contributed by atoms with Gasteiger partial charge in [-0.2, -0.15) is 0 Å². The Balaban J connectivity index is 2.81. The molecule has 0 aliphatic heterocycles. The van der Waals surface area contributed by atoms with Gasteiger partial charge in [-0.15, -0.1) is 0 Å². The van der Waals surface area contributed by atoms with Crippen LogP contribution in [0.25, 0.3) is 0 Å². The molecule has 0 saturated heterocycles. The Morgan fingerprint density at radius 1 is 0.704 bits per heavy atom. The molecule has 0 aromatic heterocycles. The lowest BCUT2D eigenvalue weighted by Crippen LogP contribution is -2.39. The largest absolute Gasteiger partial charge is 0.300 e. The van der Waals surface area contributed by atoms with Gasteiger partial charge >= 0.3 is 0 Å². The van der Waals surface area contributed by atoms with Gasteiger partial charge in [0, 0.05) is 5.92 Å². The van der Waals surface area contributed by atoms with Crippen LogP contribution in [-0.2, 0) is 4.79 Å². The Labute approximate surface area is 172 Å². The molecular formula is C25H50OSi. The summed E-state index contributed by atoms with van der Waals surface area (Å²) in [7, 11) is -1.25. The minimum absolute atomic E-state index is 0.406. The second kappa shape index (κ2) is 14.8. The van der Waals surface area contributed by atoms with E-state index < -0.39 is 8.07 Å². The first kappa shape index (κ1) is 24.9. The summed E-state index contributed by atoms with van der Waals surface area (Å²) in [6.07, 6.45) is 20.9. The zero-order chi connectivity index (χ0) is 20.0. The van der Waals surface area contributed by atoms with Crippen molar-refractivity contribution >= 4 is 13.9 Å². The van der Waals surface area contributed by atoms with E-state index in [2.05, 4.69) is 20.8 Å². The van der Waals surface area contributed by atoms with Crippen molar-refractivity contribution in [3.63, 3.8) is 0 Å². The van der Waals surface area contributed by atoms with Crippen LogP contribution in [0, 0.1) is 5.92 Å². The van der Waals surface area contributed by atoms with Crippen molar-refractivity contribution in [2.45, 2.75) is 148 Å². The molecule has 0 aromatic carbocycles. The van der Waals surface area contributed by atoms with E-state index in [9.17, 15) is 4.79 Å². The number of ketones is 1. The van der Waals surface area contributed by atoms with Crippen molar-refractivity contribution < 1.29 is 4.79 Å². The maximum Gasteiger partial charge on any atom is 0.132 e. The topological polar surface area (TPSA) is 17.1 Å². The molecule has 1 rings (SSSR count). The van der Waals surface area contributed by atoms with Crippen molar-refractivity contribution in [1.82, 2.24) is 0 Å². The number of rotatable bonds is 17. The third kappa shape index (κ3) is 9.28. The van der Waals surface area contributed by atoms with E-state index in [1.165, 1.54) is 96.3 Å². The van der Waals surface area contributed by atoms with E-state index in [1.807, 2.05) is 6.92 Å². The SMILES string of the molecule is CCCCCC[Si](CCCCCC)(CCCCCC)[C@@H]1CC[C@@H](C(C)=O)C1. The molecule has 1 aliphatic carbocycles. The molecule has 1 saturated carbocycles. The van der Waals surface area contributed by atoms with Gasteiger partial charge in [-0.1, -0.05) is 122 Å². The molecule has 1 fully saturated rings. The molecule has 0 spiro atoms. The first-order valence-corrected chi connectivity index (χ1v) is 15.3. The molecule has 2 atom stereocenters. The van der Waals surface area contributed by atoms with Crippen LogP contribution in [0.1, 0.15) is 124 Å². The van der Waals surface area contributed by atoms with Gasteiger partial charge in [0.15, 0.2) is 0 Å². The standard InChI is InChI=1S/C25H50OSi/c1-5-8-11-14-19-27(20-15-12-9-6-2,21-16-13-10-7-3)25-18-17-24(22-25)23(4)26/h24-25H,5-22H2,1-4H3/t24-,25-/m1/s1. The van der Waals surface area contributed by atoms with Gasteiger partial charge in [0.05, 0.1) is 8.07 Å². The quantitative estimate of drug-likeness (QED) is 0.178. The van der Waals surface area contributed by atoms with Crippen LogP contribution in [0.4, 0.5) is 0 Å². The van der Waals surface area contributed by atoms with E-state index in [-0.39, 0.29) is 0 Å². The highest BCUT2D eigenvalue weighted by atomic mass is 28.3. The van der Waals surface area contributed by atoms with Crippen LogP contribution in [-0.4, -0.2) is 13.9 Å². The monoisotopic (exact) mass is 394 g/mol. The number of carbonyl (C=O) groups excluding carboxylic acids is 1. The smallest absolute Gasteiger partial charge is 0.132 e. The average molecular weight is 395 g/mol. The first-order valence-electron chi connectivity index (χ1n) is 12.6. The minimum Gasteiger partial charge on any atom is -0.300 e. The number of hydrogen-bond donors (Lipinski definition) is 0. The van der Waals surface area contributed by atoms with E-state index in [1.54, 1.807) is 18.1 Å². The lowest BCUT2D eigenvalue weighted by atomic mass is 10.0. The molecule has 0 heterocycles. The number of unbranched alkanes of at least 4 members (excludes halogenated alkanes) is 9. The van der Waals surface area contributed by atoms with Crippen LogP contribution in [0.5, 0.6) is 0 Å². The van der Waals surface area contributed by atoms with Gasteiger partial charge < -0.3 is 0 Å². The summed E-state index contributed by atoms with van der Waals surface area (Å²) in [6, 6.07) is 4.71. The number of hydrogen-bond acceptors (Lipinski definition) is 1. The Kier molecular flexibility index (Phi) is 13.7. The maximum absolute atomic E-state index is 12.0. The molecule has 27 heavy (non-hydrogen) atoms. The molecule has 0 radical (unpaired) electrons. The Hall–Kier alpha value is -0.113. The Bertz CT molecular complexity index is 347. The molecular weight excluding hydrogens is 344 g/mol. The molecule has 0 amide bonds. The minimum atomic E-state index is -1.25. The highest BCUT2D eigenvalue weighted by Crippen LogP contribution is 2.49. The van der Waals surface area contributed by atoms with E-state index >= 15 is 0 Å². The molecule has 1 nitrogen and oxygen atoms in total. The zero-order valence-corrected chi connectivity index (χ0v) is 20.3. The Morgan fingerprint density at radius 3 is 1.48 bits per heavy atom. The second-order valence-corrected chi connectivity index (χ2v) is 14.7. The third-order valence-electron chi connectivity index (χ3n) is 7.46. The fourth-order valence-electron chi connectivity index (χ4n) is 5.61. The normalized spacial score (nSPS) is 20.3. The lowest BCUT2D eigenvalue weighted by Gasteiger charge is -2.39. The van der Waals surface area contributed by atoms with E-state index in [0.29, 0.717) is 11.7 Å². The predicted octanol–water partition coefficient (Wildman–Crippen LogP) is 8.94. The summed E-state index contributed by atoms with van der Waals surface area (Å²) in [5.41, 5.74) is 0.955. The summed E-state index contributed by atoms with van der Waals surface area (Å²) in [6.45, 7) is 8.83. The molecule has 0 bridgehead atoms. The average Bonchev–Trinajstić information content (AvgIpc) is 3.16. The fourth-order valence-corrected chi connectivity index (χ4v) is 12.0. The van der Waals surface area contributed by atoms with Crippen molar-refractivity contribution in [3.8, 4) is 0 Å². The van der Waals surface area contributed by atoms with Crippen LogP contribution in [0.15, 0.2) is 0 Å². The lowest BCUT2D eigenvalue weighted by molar-refractivity contribution is -0.120. The number of carbonyl (C=O) groups is 1. The van der Waals surface area contributed by atoms with Crippen molar-refractivity contribution in [1.29, 1.82) is 0 Å². The maximum atomic E-state index is 12.0. The van der Waals surface area contributed by atoms with Crippen LogP contribution < -0.4 is 0 Å².